The largest absolute Gasteiger partial charge is 0.360 e. The van der Waals surface area contributed by atoms with Crippen molar-refractivity contribution >= 4 is 29.4 Å². The highest BCUT2D eigenvalue weighted by molar-refractivity contribution is 8.01. The summed E-state index contributed by atoms with van der Waals surface area (Å²) in [5.41, 5.74) is 2.21. The van der Waals surface area contributed by atoms with Crippen LogP contribution < -0.4 is 10.6 Å². The third-order valence-electron chi connectivity index (χ3n) is 3.29. The fourth-order valence-corrected chi connectivity index (χ4v) is 2.72. The van der Waals surface area contributed by atoms with Crippen molar-refractivity contribution in [3.05, 3.63) is 47.2 Å². The van der Waals surface area contributed by atoms with Gasteiger partial charge in [0.15, 0.2) is 5.82 Å². The monoisotopic (exact) mass is 347 g/mol. The van der Waals surface area contributed by atoms with E-state index in [4.69, 9.17) is 4.52 Å². The number of aryl methyl sites for hydroxylation is 2. The molecule has 7 heteroatoms. The zero-order valence-electron chi connectivity index (χ0n) is 14.0. The number of rotatable bonds is 7. The van der Waals surface area contributed by atoms with Gasteiger partial charge in [0, 0.05) is 12.6 Å². The van der Waals surface area contributed by atoms with Crippen LogP contribution in [0.2, 0.25) is 0 Å². The van der Waals surface area contributed by atoms with Crippen molar-refractivity contribution in [1.82, 2.24) is 10.5 Å². The molecule has 6 nitrogen and oxygen atoms in total. The van der Waals surface area contributed by atoms with Crippen molar-refractivity contribution in [1.29, 1.82) is 0 Å². The van der Waals surface area contributed by atoms with Gasteiger partial charge in [-0.15, -0.1) is 11.8 Å². The summed E-state index contributed by atoms with van der Waals surface area (Å²) in [7, 11) is 0. The zero-order chi connectivity index (χ0) is 17.5. The number of hydrogen-bond acceptors (Lipinski definition) is 5. The highest BCUT2D eigenvalue weighted by Gasteiger charge is 2.16. The number of carbonyl (C=O) groups excluding carboxylic acids is 2. The molecule has 2 N–H and O–H groups in total. The summed E-state index contributed by atoms with van der Waals surface area (Å²) in [6.07, 6.45) is 0. The van der Waals surface area contributed by atoms with Gasteiger partial charge < -0.3 is 15.2 Å². The Labute approximate surface area is 145 Å². The normalized spacial score (nSPS) is 11.8. The minimum absolute atomic E-state index is 0.0987. The summed E-state index contributed by atoms with van der Waals surface area (Å²) in [5, 5.41) is 8.85. The minimum atomic E-state index is -0.369. The maximum atomic E-state index is 12.0. The van der Waals surface area contributed by atoms with E-state index < -0.39 is 0 Å². The van der Waals surface area contributed by atoms with E-state index in [0.717, 1.165) is 11.1 Å². The van der Waals surface area contributed by atoms with E-state index in [1.54, 1.807) is 19.9 Å². The van der Waals surface area contributed by atoms with Crippen molar-refractivity contribution in [2.24, 2.45) is 0 Å². The van der Waals surface area contributed by atoms with Gasteiger partial charge in [0.1, 0.15) is 5.76 Å². The Kier molecular flexibility index (Phi) is 6.43. The Bertz CT molecular complexity index is 715. The Morgan fingerprint density at radius 2 is 2.08 bits per heavy atom. The number of carbonyl (C=O) groups is 2. The lowest BCUT2D eigenvalue weighted by atomic mass is 10.1. The third kappa shape index (κ3) is 5.73. The van der Waals surface area contributed by atoms with Gasteiger partial charge in [-0.25, -0.2) is 0 Å². The second kappa shape index (κ2) is 8.54. The van der Waals surface area contributed by atoms with Gasteiger partial charge >= 0.3 is 0 Å². The van der Waals surface area contributed by atoms with Crippen LogP contribution in [-0.4, -0.2) is 28.0 Å². The zero-order valence-corrected chi connectivity index (χ0v) is 14.8. The van der Waals surface area contributed by atoms with Crippen molar-refractivity contribution in [2.75, 3.05) is 11.1 Å². The van der Waals surface area contributed by atoms with E-state index in [2.05, 4.69) is 15.8 Å². The molecule has 1 aromatic carbocycles. The van der Waals surface area contributed by atoms with Crippen LogP contribution >= 0.6 is 11.8 Å². The Morgan fingerprint density at radius 1 is 1.29 bits per heavy atom. The van der Waals surface area contributed by atoms with Gasteiger partial charge in [0.25, 0.3) is 0 Å². The highest BCUT2D eigenvalue weighted by atomic mass is 32.2. The molecule has 2 aromatic rings. The summed E-state index contributed by atoms with van der Waals surface area (Å²) >= 11 is 1.27. The van der Waals surface area contributed by atoms with Crippen LogP contribution in [0.5, 0.6) is 0 Å². The number of nitrogens with one attached hydrogen (secondary N) is 2. The first-order chi connectivity index (χ1) is 11.4. The standard InChI is InChI=1S/C17H21N3O3S/c1-11-5-4-6-14(7-11)9-18-16(21)10-24-13(3)17(22)19-15-8-12(2)23-20-15/h4-8,13H,9-10H2,1-3H3,(H,18,21)(H,19,20,22). The van der Waals surface area contributed by atoms with Crippen molar-refractivity contribution in [3.8, 4) is 0 Å². The Balaban J connectivity index is 1.71. The van der Waals surface area contributed by atoms with E-state index in [0.29, 0.717) is 18.1 Å². The first-order valence-electron chi connectivity index (χ1n) is 7.62. The van der Waals surface area contributed by atoms with Gasteiger partial charge in [-0.1, -0.05) is 35.0 Å². The summed E-state index contributed by atoms with van der Waals surface area (Å²) < 4.78 is 4.89. The molecule has 0 aliphatic carbocycles. The molecule has 0 fully saturated rings. The van der Waals surface area contributed by atoms with E-state index in [1.165, 1.54) is 11.8 Å². The van der Waals surface area contributed by atoms with Crippen LogP contribution in [0.15, 0.2) is 34.9 Å². The van der Waals surface area contributed by atoms with Crippen LogP contribution in [0, 0.1) is 13.8 Å². The molecular formula is C17H21N3O3S. The molecule has 0 spiro atoms. The average molecular weight is 347 g/mol. The topological polar surface area (TPSA) is 84.2 Å². The van der Waals surface area contributed by atoms with Crippen LogP contribution in [0.4, 0.5) is 5.82 Å². The van der Waals surface area contributed by atoms with Crippen molar-refractivity contribution < 1.29 is 14.1 Å². The van der Waals surface area contributed by atoms with Crippen LogP contribution in [0.1, 0.15) is 23.8 Å². The fourth-order valence-electron chi connectivity index (χ4n) is 2.00. The number of hydrogen-bond donors (Lipinski definition) is 2. The number of amides is 2. The van der Waals surface area contributed by atoms with E-state index >= 15 is 0 Å². The smallest absolute Gasteiger partial charge is 0.238 e. The second-order valence-electron chi connectivity index (χ2n) is 5.53. The summed E-state index contributed by atoms with van der Waals surface area (Å²) in [6.45, 7) is 6.00. The molecule has 128 valence electrons. The van der Waals surface area contributed by atoms with Crippen LogP contribution in [-0.2, 0) is 16.1 Å². The molecule has 24 heavy (non-hydrogen) atoms. The fraction of sp³-hybridized carbons (Fsp3) is 0.353. The predicted octanol–water partition coefficient (Wildman–Crippen LogP) is 2.67. The predicted molar refractivity (Wildman–Crippen MR) is 94.8 cm³/mol. The number of benzene rings is 1. The molecule has 1 atom stereocenters. The molecule has 0 aliphatic rings. The number of anilines is 1. The lowest BCUT2D eigenvalue weighted by Gasteiger charge is -2.10. The second-order valence-corrected chi connectivity index (χ2v) is 6.86. The molecule has 0 saturated heterocycles. The van der Waals surface area contributed by atoms with Gasteiger partial charge in [-0.05, 0) is 26.3 Å². The number of thioether (sulfide) groups is 1. The molecule has 1 unspecified atom stereocenters. The first kappa shape index (κ1) is 18.1. The number of nitrogens with zero attached hydrogens (tertiary/aromatic N) is 1. The summed E-state index contributed by atoms with van der Waals surface area (Å²) in [6, 6.07) is 9.62. The van der Waals surface area contributed by atoms with Crippen LogP contribution in [0.25, 0.3) is 0 Å². The lowest BCUT2D eigenvalue weighted by Crippen LogP contribution is -2.28. The quantitative estimate of drug-likeness (QED) is 0.804. The maximum Gasteiger partial charge on any atom is 0.238 e. The van der Waals surface area contributed by atoms with Crippen molar-refractivity contribution in [3.63, 3.8) is 0 Å². The highest BCUT2D eigenvalue weighted by Crippen LogP contribution is 2.14. The van der Waals surface area contributed by atoms with Gasteiger partial charge in [0.05, 0.1) is 11.0 Å². The molecule has 2 rings (SSSR count). The molecule has 1 aromatic heterocycles. The molecule has 2 amide bonds. The molecule has 1 heterocycles. The molecule has 0 bridgehead atoms. The first-order valence-corrected chi connectivity index (χ1v) is 8.67. The van der Waals surface area contributed by atoms with E-state index in [-0.39, 0.29) is 22.8 Å². The maximum absolute atomic E-state index is 12.0. The number of aromatic nitrogens is 1. The molecule has 0 radical (unpaired) electrons. The molecule has 0 aliphatic heterocycles. The van der Waals surface area contributed by atoms with Gasteiger partial charge in [0.2, 0.25) is 11.8 Å². The van der Waals surface area contributed by atoms with Crippen molar-refractivity contribution in [2.45, 2.75) is 32.6 Å². The Morgan fingerprint density at radius 3 is 2.75 bits per heavy atom. The van der Waals surface area contributed by atoms with Gasteiger partial charge in [-0.2, -0.15) is 0 Å². The molecular weight excluding hydrogens is 326 g/mol. The Hall–Kier alpha value is -2.28. The summed E-state index contributed by atoms with van der Waals surface area (Å²) in [4.78, 5) is 23.9. The minimum Gasteiger partial charge on any atom is -0.360 e. The third-order valence-corrected chi connectivity index (χ3v) is 4.43. The van der Waals surface area contributed by atoms with E-state index in [1.807, 2.05) is 31.2 Å². The lowest BCUT2D eigenvalue weighted by molar-refractivity contribution is -0.118. The van der Waals surface area contributed by atoms with E-state index in [9.17, 15) is 9.59 Å². The molecule has 0 saturated carbocycles. The summed E-state index contributed by atoms with van der Waals surface area (Å²) in [5.74, 6) is 0.923. The average Bonchev–Trinajstić information content (AvgIpc) is 2.95. The van der Waals surface area contributed by atoms with Crippen LogP contribution in [0.3, 0.4) is 0 Å². The van der Waals surface area contributed by atoms with Gasteiger partial charge in [-0.3, -0.25) is 9.59 Å². The SMILES string of the molecule is Cc1cccc(CNC(=O)CSC(C)C(=O)Nc2cc(C)on2)c1.